The zero-order chi connectivity index (χ0) is 23.8. The molecule has 4 aliphatic rings. The molecule has 0 spiro atoms. The van der Waals surface area contributed by atoms with Gasteiger partial charge in [-0.3, -0.25) is 9.48 Å². The van der Waals surface area contributed by atoms with Gasteiger partial charge < -0.3 is 19.3 Å². The van der Waals surface area contributed by atoms with Crippen LogP contribution >= 0.6 is 0 Å². The second-order valence-corrected chi connectivity index (χ2v) is 11.4. The zero-order valence-electron chi connectivity index (χ0n) is 20.1. The largest absolute Gasteiger partial charge is 0.381 e. The Balaban J connectivity index is 1.35. The van der Waals surface area contributed by atoms with E-state index in [-0.39, 0.29) is 11.9 Å². The summed E-state index contributed by atoms with van der Waals surface area (Å²) in [7, 11) is 0. The van der Waals surface area contributed by atoms with Gasteiger partial charge in [0.05, 0.1) is 36.1 Å². The number of hydrogen-bond acceptors (Lipinski definition) is 7. The Bertz CT molecular complexity index is 1070. The molecule has 1 N–H and O–H groups in total. The summed E-state index contributed by atoms with van der Waals surface area (Å²) in [6, 6.07) is 4.11. The third-order valence-corrected chi connectivity index (χ3v) is 9.06. The van der Waals surface area contributed by atoms with Crippen molar-refractivity contribution in [3.05, 3.63) is 29.6 Å². The number of aromatic nitrogens is 3. The summed E-state index contributed by atoms with van der Waals surface area (Å²) in [5, 5.41) is 5.72. The summed E-state index contributed by atoms with van der Waals surface area (Å²) < 4.78 is 24.1. The number of ether oxygens (including phenoxy) is 2. The Labute approximate surface area is 208 Å². The molecule has 9 nitrogen and oxygen atoms in total. The van der Waals surface area contributed by atoms with Gasteiger partial charge in [-0.2, -0.15) is 9.65 Å². The van der Waals surface area contributed by atoms with Crippen LogP contribution in [-0.2, 0) is 26.4 Å². The van der Waals surface area contributed by atoms with Crippen LogP contribution in [0.3, 0.4) is 0 Å². The predicted molar refractivity (Wildman–Crippen MR) is 132 cm³/mol. The Morgan fingerprint density at radius 3 is 2.74 bits per heavy atom. The molecule has 4 aliphatic heterocycles. The van der Waals surface area contributed by atoms with Gasteiger partial charge in [0, 0.05) is 45.6 Å². The minimum Gasteiger partial charge on any atom is -0.381 e. The van der Waals surface area contributed by atoms with Gasteiger partial charge in [0.25, 0.3) is 10.9 Å². The molecule has 188 valence electrons. The van der Waals surface area contributed by atoms with Crippen molar-refractivity contribution in [2.45, 2.75) is 42.5 Å². The van der Waals surface area contributed by atoms with Crippen molar-refractivity contribution in [3.8, 4) is 11.3 Å². The first-order chi connectivity index (χ1) is 17.2. The molecule has 2 aromatic rings. The predicted octanol–water partition coefficient (Wildman–Crippen LogP) is 2.44. The van der Waals surface area contributed by atoms with Crippen LogP contribution in [-0.4, -0.2) is 94.2 Å². The van der Waals surface area contributed by atoms with Crippen molar-refractivity contribution < 1.29 is 18.8 Å². The zero-order valence-corrected chi connectivity index (χ0v) is 20.9. The lowest BCUT2D eigenvalue weighted by molar-refractivity contribution is 0.0297. The number of hydrogen-bond donors (Lipinski definition) is 1. The smallest absolute Gasteiger partial charge is 0.291 e. The molecular weight excluding hydrogens is 466 g/mol. The van der Waals surface area contributed by atoms with Crippen molar-refractivity contribution in [2.75, 3.05) is 59.2 Å². The lowest BCUT2D eigenvalue weighted by Crippen LogP contribution is -2.41. The maximum atomic E-state index is 13.6. The molecular formula is C25H34N5O4S+. The number of morpholine rings is 1. The van der Waals surface area contributed by atoms with E-state index >= 15 is 0 Å². The first-order valence-corrected chi connectivity index (χ1v) is 14.2. The van der Waals surface area contributed by atoms with E-state index < -0.39 is 11.2 Å². The lowest BCUT2D eigenvalue weighted by Gasteiger charge is -2.36. The Morgan fingerprint density at radius 2 is 1.91 bits per heavy atom. The summed E-state index contributed by atoms with van der Waals surface area (Å²) in [6.07, 6.45) is 6.14. The highest BCUT2D eigenvalue weighted by Crippen LogP contribution is 2.41. The molecule has 0 radical (unpaired) electrons. The van der Waals surface area contributed by atoms with Gasteiger partial charge in [-0.15, -0.1) is 0 Å². The Hall–Kier alpha value is -1.98. The molecule has 6 rings (SSSR count). The van der Waals surface area contributed by atoms with E-state index in [0.717, 1.165) is 75.4 Å². The highest BCUT2D eigenvalue weighted by Gasteiger charge is 2.42. The summed E-state index contributed by atoms with van der Waals surface area (Å²) in [5.41, 5.74) is 3.24. The maximum Gasteiger partial charge on any atom is 0.291 e. The molecule has 6 heterocycles. The van der Waals surface area contributed by atoms with Crippen LogP contribution in [0.25, 0.3) is 11.3 Å². The second-order valence-electron chi connectivity index (χ2n) is 10.0. The number of nitrogens with zero attached hydrogens (tertiary/aromatic N) is 5. The summed E-state index contributed by atoms with van der Waals surface area (Å²) >= 11 is -1.04. The van der Waals surface area contributed by atoms with Gasteiger partial charge in [-0.1, -0.05) is 0 Å². The Morgan fingerprint density at radius 1 is 1.11 bits per heavy atom. The van der Waals surface area contributed by atoms with Gasteiger partial charge in [-0.25, -0.2) is 4.98 Å². The quantitative estimate of drug-likeness (QED) is 0.645. The fourth-order valence-electron chi connectivity index (χ4n) is 5.90. The Kier molecular flexibility index (Phi) is 6.81. The van der Waals surface area contributed by atoms with Gasteiger partial charge in [0.1, 0.15) is 0 Å². The molecule has 0 bridgehead atoms. The lowest BCUT2D eigenvalue weighted by atomic mass is 9.97. The molecule has 10 heteroatoms. The molecule has 0 aliphatic carbocycles. The molecule has 2 aromatic heterocycles. The van der Waals surface area contributed by atoms with Crippen molar-refractivity contribution in [1.82, 2.24) is 24.6 Å². The molecule has 0 aromatic carbocycles. The molecule has 2 atom stereocenters. The second kappa shape index (κ2) is 10.2. The van der Waals surface area contributed by atoms with E-state index in [4.69, 9.17) is 14.6 Å². The van der Waals surface area contributed by atoms with Gasteiger partial charge in [0.15, 0.2) is 11.4 Å². The number of carbonyl (C=O) groups excluding carboxylic acids is 1. The van der Waals surface area contributed by atoms with Crippen LogP contribution in [0.4, 0.5) is 0 Å². The van der Waals surface area contributed by atoms with Crippen molar-refractivity contribution in [1.29, 1.82) is 0 Å². The van der Waals surface area contributed by atoms with Crippen molar-refractivity contribution in [3.63, 3.8) is 0 Å². The average Bonchev–Trinajstić information content (AvgIpc) is 3.29. The highest BCUT2D eigenvalue weighted by atomic mass is 32.2. The molecule has 3 fully saturated rings. The molecule has 2 unspecified atom stereocenters. The standard InChI is InChI=1S/C25H34N5O4S/c31-25(29-9-13-34-14-10-29)22-21-17-35(32)24-20(4-1-7-26-24)23(21)30(27-22)19-3-2-8-28(16-19)15-18-5-11-33-12-6-18/h1,4,7,18-19,32H,2-3,5-6,8-17H2/q+1. The van der Waals surface area contributed by atoms with Gasteiger partial charge >= 0.3 is 0 Å². The SMILES string of the molecule is O=C(c1nn(C2CCCN(CC3CCOCC3)C2)c2c1C[S+](O)c1ncccc1-2)N1CCOCC1. The third kappa shape index (κ3) is 4.62. The van der Waals surface area contributed by atoms with Gasteiger partial charge in [0.2, 0.25) is 11.2 Å². The first-order valence-electron chi connectivity index (χ1n) is 12.8. The topological polar surface area (TPSA) is 93.0 Å². The van der Waals surface area contributed by atoms with Crippen LogP contribution in [0.5, 0.6) is 0 Å². The van der Waals surface area contributed by atoms with Crippen LogP contribution < -0.4 is 0 Å². The summed E-state index contributed by atoms with van der Waals surface area (Å²) in [5.74, 6) is 1.03. The summed E-state index contributed by atoms with van der Waals surface area (Å²) in [6.45, 7) is 7.12. The van der Waals surface area contributed by atoms with E-state index in [2.05, 4.69) is 14.6 Å². The number of piperidine rings is 1. The number of fused-ring (bicyclic) bond motifs is 3. The van der Waals surface area contributed by atoms with Crippen LogP contribution in [0.15, 0.2) is 23.4 Å². The number of rotatable bonds is 4. The molecule has 1 amide bonds. The van der Waals surface area contributed by atoms with E-state index in [9.17, 15) is 9.35 Å². The molecule has 3 saturated heterocycles. The number of pyridine rings is 1. The van der Waals surface area contributed by atoms with E-state index in [1.165, 1.54) is 0 Å². The molecule has 0 saturated carbocycles. The molecule has 35 heavy (non-hydrogen) atoms. The minimum absolute atomic E-state index is 0.0532. The monoisotopic (exact) mass is 500 g/mol. The number of carbonyl (C=O) groups is 1. The van der Waals surface area contributed by atoms with Gasteiger partial charge in [-0.05, 0) is 50.3 Å². The first kappa shape index (κ1) is 23.4. The minimum atomic E-state index is -1.04. The maximum absolute atomic E-state index is 13.6. The number of amides is 1. The summed E-state index contributed by atoms with van der Waals surface area (Å²) in [4.78, 5) is 22.5. The fraction of sp³-hybridized carbons (Fsp3) is 0.640. The van der Waals surface area contributed by atoms with Crippen LogP contribution in [0.1, 0.15) is 47.8 Å². The van der Waals surface area contributed by atoms with E-state index in [1.807, 2.05) is 17.0 Å². The fourth-order valence-corrected chi connectivity index (χ4v) is 7.18. The normalized spacial score (nSPS) is 25.8. The van der Waals surface area contributed by atoms with E-state index in [0.29, 0.717) is 48.7 Å². The van der Waals surface area contributed by atoms with Crippen LogP contribution in [0, 0.1) is 5.92 Å². The van der Waals surface area contributed by atoms with Crippen LogP contribution in [0.2, 0.25) is 0 Å². The average molecular weight is 501 g/mol. The van der Waals surface area contributed by atoms with E-state index in [1.54, 1.807) is 6.20 Å². The third-order valence-electron chi connectivity index (χ3n) is 7.72. The highest BCUT2D eigenvalue weighted by molar-refractivity contribution is 7.90. The van der Waals surface area contributed by atoms with Crippen molar-refractivity contribution in [2.24, 2.45) is 5.92 Å². The number of likely N-dealkylation sites (tertiary alicyclic amines) is 1. The van der Waals surface area contributed by atoms with Crippen molar-refractivity contribution >= 4 is 17.1 Å².